The highest BCUT2D eigenvalue weighted by Crippen LogP contribution is 2.33. The SMILES string of the molecule is CCCCSc1nnc(NC(=O)c2ccc3c(c2)OCO3)s1. The molecule has 1 aliphatic heterocycles. The quantitative estimate of drug-likeness (QED) is 0.495. The Balaban J connectivity index is 1.62. The first kappa shape index (κ1) is 15.1. The van der Waals surface area contributed by atoms with Gasteiger partial charge in [0.15, 0.2) is 15.8 Å². The highest BCUT2D eigenvalue weighted by molar-refractivity contribution is 8.01. The second-order valence-corrected chi connectivity index (χ2v) is 6.92. The normalized spacial score (nSPS) is 12.4. The van der Waals surface area contributed by atoms with E-state index in [0.29, 0.717) is 22.2 Å². The maximum atomic E-state index is 12.2. The molecule has 1 aromatic carbocycles. The van der Waals surface area contributed by atoms with Gasteiger partial charge in [-0.15, -0.1) is 10.2 Å². The second kappa shape index (κ2) is 6.97. The monoisotopic (exact) mass is 337 g/mol. The van der Waals surface area contributed by atoms with E-state index in [9.17, 15) is 4.79 Å². The molecule has 0 aliphatic carbocycles. The van der Waals surface area contributed by atoms with Crippen LogP contribution in [0.25, 0.3) is 0 Å². The van der Waals surface area contributed by atoms with Crippen LogP contribution in [0.5, 0.6) is 11.5 Å². The largest absolute Gasteiger partial charge is 0.454 e. The lowest BCUT2D eigenvalue weighted by molar-refractivity contribution is 0.102. The lowest BCUT2D eigenvalue weighted by atomic mass is 10.2. The fourth-order valence-corrected chi connectivity index (χ4v) is 3.73. The van der Waals surface area contributed by atoms with E-state index in [0.717, 1.165) is 22.9 Å². The lowest BCUT2D eigenvalue weighted by Crippen LogP contribution is -2.11. The Morgan fingerprint density at radius 2 is 2.23 bits per heavy atom. The molecule has 22 heavy (non-hydrogen) atoms. The molecule has 0 radical (unpaired) electrons. The Bertz CT molecular complexity index is 675. The first-order valence-corrected chi connectivity index (χ1v) is 8.74. The van der Waals surface area contributed by atoms with Crippen molar-refractivity contribution in [3.8, 4) is 11.5 Å². The third-order valence-electron chi connectivity index (χ3n) is 2.99. The van der Waals surface area contributed by atoms with Crippen molar-refractivity contribution in [1.29, 1.82) is 0 Å². The summed E-state index contributed by atoms with van der Waals surface area (Å²) in [6, 6.07) is 5.08. The summed E-state index contributed by atoms with van der Waals surface area (Å²) in [7, 11) is 0. The van der Waals surface area contributed by atoms with Gasteiger partial charge in [-0.25, -0.2) is 0 Å². The molecule has 0 unspecified atom stereocenters. The molecule has 1 aliphatic rings. The van der Waals surface area contributed by atoms with Crippen LogP contribution in [0.1, 0.15) is 30.1 Å². The van der Waals surface area contributed by atoms with Crippen molar-refractivity contribution in [2.75, 3.05) is 17.9 Å². The van der Waals surface area contributed by atoms with E-state index in [1.165, 1.54) is 11.3 Å². The van der Waals surface area contributed by atoms with Gasteiger partial charge in [-0.3, -0.25) is 10.1 Å². The number of rotatable bonds is 6. The van der Waals surface area contributed by atoms with E-state index in [4.69, 9.17) is 9.47 Å². The molecule has 0 saturated carbocycles. The average molecular weight is 337 g/mol. The van der Waals surface area contributed by atoms with Crippen molar-refractivity contribution < 1.29 is 14.3 Å². The molecule has 8 heteroatoms. The number of unbranched alkanes of at least 4 members (excludes halogenated alkanes) is 1. The van der Waals surface area contributed by atoms with Crippen LogP contribution in [-0.4, -0.2) is 28.7 Å². The van der Waals surface area contributed by atoms with Gasteiger partial charge in [0.2, 0.25) is 11.9 Å². The Kier molecular flexibility index (Phi) is 4.79. The lowest BCUT2D eigenvalue weighted by Gasteiger charge is -2.02. The van der Waals surface area contributed by atoms with E-state index in [-0.39, 0.29) is 12.7 Å². The van der Waals surface area contributed by atoms with Gasteiger partial charge in [0.05, 0.1) is 0 Å². The predicted molar refractivity (Wildman–Crippen MR) is 86.1 cm³/mol. The smallest absolute Gasteiger partial charge is 0.257 e. The molecule has 0 fully saturated rings. The molecule has 116 valence electrons. The van der Waals surface area contributed by atoms with Gasteiger partial charge in [-0.1, -0.05) is 36.4 Å². The zero-order valence-electron chi connectivity index (χ0n) is 12.0. The molecule has 0 atom stereocenters. The second-order valence-electron chi connectivity index (χ2n) is 4.60. The summed E-state index contributed by atoms with van der Waals surface area (Å²) in [6.07, 6.45) is 2.29. The number of thioether (sulfide) groups is 1. The zero-order chi connectivity index (χ0) is 15.4. The molecule has 6 nitrogen and oxygen atoms in total. The van der Waals surface area contributed by atoms with Crippen molar-refractivity contribution in [3.63, 3.8) is 0 Å². The maximum absolute atomic E-state index is 12.2. The number of anilines is 1. The molecule has 0 saturated heterocycles. The molecule has 1 amide bonds. The Morgan fingerprint density at radius 3 is 3.09 bits per heavy atom. The number of carbonyl (C=O) groups is 1. The van der Waals surface area contributed by atoms with Crippen LogP contribution in [-0.2, 0) is 0 Å². The molecule has 1 aromatic heterocycles. The highest BCUT2D eigenvalue weighted by Gasteiger charge is 2.17. The topological polar surface area (TPSA) is 73.3 Å². The molecule has 3 rings (SSSR count). The third kappa shape index (κ3) is 3.50. The van der Waals surface area contributed by atoms with E-state index in [1.807, 2.05) is 0 Å². The summed E-state index contributed by atoms with van der Waals surface area (Å²) in [6.45, 7) is 2.34. The van der Waals surface area contributed by atoms with Gasteiger partial charge in [-0.05, 0) is 24.6 Å². The van der Waals surface area contributed by atoms with Crippen LogP contribution in [0.3, 0.4) is 0 Å². The number of amides is 1. The number of aromatic nitrogens is 2. The minimum absolute atomic E-state index is 0.190. The van der Waals surface area contributed by atoms with E-state index in [2.05, 4.69) is 22.4 Å². The number of nitrogens with zero attached hydrogens (tertiary/aromatic N) is 2. The Hall–Kier alpha value is -1.80. The van der Waals surface area contributed by atoms with Crippen LogP contribution >= 0.6 is 23.1 Å². The molecule has 0 spiro atoms. The number of carbonyl (C=O) groups excluding carboxylic acids is 1. The molecular formula is C14H15N3O3S2. The molecular weight excluding hydrogens is 322 g/mol. The number of ether oxygens (including phenoxy) is 2. The highest BCUT2D eigenvalue weighted by atomic mass is 32.2. The minimum atomic E-state index is -0.237. The average Bonchev–Trinajstić information content (AvgIpc) is 3.15. The molecule has 1 N–H and O–H groups in total. The molecule has 0 bridgehead atoms. The van der Waals surface area contributed by atoms with E-state index >= 15 is 0 Å². The number of fused-ring (bicyclic) bond motifs is 1. The van der Waals surface area contributed by atoms with Gasteiger partial charge in [-0.2, -0.15) is 0 Å². The number of nitrogens with one attached hydrogen (secondary N) is 1. The maximum Gasteiger partial charge on any atom is 0.257 e. The van der Waals surface area contributed by atoms with Crippen molar-refractivity contribution in [2.45, 2.75) is 24.1 Å². The summed E-state index contributed by atoms with van der Waals surface area (Å²) >= 11 is 3.05. The van der Waals surface area contributed by atoms with Gasteiger partial charge in [0.1, 0.15) is 0 Å². The number of hydrogen-bond acceptors (Lipinski definition) is 7. The summed E-state index contributed by atoms with van der Waals surface area (Å²) in [5.74, 6) is 2.02. The fraction of sp³-hybridized carbons (Fsp3) is 0.357. The van der Waals surface area contributed by atoms with Crippen LogP contribution in [0.15, 0.2) is 22.5 Å². The predicted octanol–water partition coefficient (Wildman–Crippen LogP) is 3.41. The number of benzene rings is 1. The summed E-state index contributed by atoms with van der Waals surface area (Å²) in [5.41, 5.74) is 0.500. The van der Waals surface area contributed by atoms with Crippen molar-refractivity contribution in [1.82, 2.24) is 10.2 Å². The molecule has 2 heterocycles. The zero-order valence-corrected chi connectivity index (χ0v) is 13.6. The molecule has 2 aromatic rings. The van der Waals surface area contributed by atoms with Crippen molar-refractivity contribution in [2.24, 2.45) is 0 Å². The van der Waals surface area contributed by atoms with Crippen molar-refractivity contribution >= 4 is 34.1 Å². The summed E-state index contributed by atoms with van der Waals surface area (Å²) in [4.78, 5) is 12.2. The summed E-state index contributed by atoms with van der Waals surface area (Å²) < 4.78 is 11.4. The van der Waals surface area contributed by atoms with Crippen LogP contribution < -0.4 is 14.8 Å². The van der Waals surface area contributed by atoms with E-state index in [1.54, 1.807) is 30.0 Å². The van der Waals surface area contributed by atoms with Gasteiger partial charge < -0.3 is 9.47 Å². The first-order chi connectivity index (χ1) is 10.8. The van der Waals surface area contributed by atoms with Crippen LogP contribution in [0.4, 0.5) is 5.13 Å². The van der Waals surface area contributed by atoms with Crippen LogP contribution in [0, 0.1) is 0 Å². The third-order valence-corrected chi connectivity index (χ3v) is 5.04. The van der Waals surface area contributed by atoms with Crippen molar-refractivity contribution in [3.05, 3.63) is 23.8 Å². The van der Waals surface area contributed by atoms with Gasteiger partial charge in [0.25, 0.3) is 5.91 Å². The summed E-state index contributed by atoms with van der Waals surface area (Å²) in [5, 5.41) is 11.3. The van der Waals surface area contributed by atoms with Gasteiger partial charge >= 0.3 is 0 Å². The van der Waals surface area contributed by atoms with Crippen LogP contribution in [0.2, 0.25) is 0 Å². The Labute approximate surface area is 136 Å². The fourth-order valence-electron chi connectivity index (χ4n) is 1.83. The van der Waals surface area contributed by atoms with E-state index < -0.39 is 0 Å². The number of hydrogen-bond donors (Lipinski definition) is 1. The minimum Gasteiger partial charge on any atom is -0.454 e. The Morgan fingerprint density at radius 1 is 1.36 bits per heavy atom. The standard InChI is InChI=1S/C14H15N3O3S2/c1-2-3-6-21-14-17-16-13(22-14)15-12(18)9-4-5-10-11(7-9)20-8-19-10/h4-5,7H,2-3,6,8H2,1H3,(H,15,16,18). The van der Waals surface area contributed by atoms with Gasteiger partial charge in [0, 0.05) is 11.3 Å². The first-order valence-electron chi connectivity index (χ1n) is 6.93.